The fourth-order valence-electron chi connectivity index (χ4n) is 2.80. The van der Waals surface area contributed by atoms with Gasteiger partial charge in [-0.05, 0) is 48.5 Å². The number of benzene rings is 3. The van der Waals surface area contributed by atoms with Gasteiger partial charge in [0.2, 0.25) is 5.91 Å². The Morgan fingerprint density at radius 2 is 1.52 bits per heavy atom. The first-order valence-corrected chi connectivity index (χ1v) is 10.3. The SMILES string of the molecule is COc1cccc(OC)c1C(=O)Nc1ccc(SCC(=O)Nc2ccccc2F)cc1. The summed E-state index contributed by atoms with van der Waals surface area (Å²) in [5, 5.41) is 5.35. The summed E-state index contributed by atoms with van der Waals surface area (Å²) in [6, 6.07) is 18.2. The molecule has 6 nitrogen and oxygen atoms in total. The molecule has 2 amide bonds. The Balaban J connectivity index is 1.59. The quantitative estimate of drug-likeness (QED) is 0.491. The van der Waals surface area contributed by atoms with Crippen LogP contribution in [0.5, 0.6) is 11.5 Å². The molecule has 0 radical (unpaired) electrons. The molecule has 0 unspecified atom stereocenters. The highest BCUT2D eigenvalue weighted by molar-refractivity contribution is 8.00. The second kappa shape index (κ2) is 10.5. The average molecular weight is 440 g/mol. The molecule has 0 fully saturated rings. The molecule has 2 N–H and O–H groups in total. The van der Waals surface area contributed by atoms with Crippen LogP contribution in [-0.4, -0.2) is 31.8 Å². The highest BCUT2D eigenvalue weighted by atomic mass is 32.2. The molecule has 0 aliphatic heterocycles. The zero-order valence-electron chi connectivity index (χ0n) is 17.0. The maximum absolute atomic E-state index is 13.6. The summed E-state index contributed by atoms with van der Waals surface area (Å²) in [6.07, 6.45) is 0. The van der Waals surface area contributed by atoms with E-state index in [1.165, 1.54) is 38.1 Å². The molecule has 0 heterocycles. The average Bonchev–Trinajstić information content (AvgIpc) is 2.79. The molecule has 0 aliphatic carbocycles. The van der Waals surface area contributed by atoms with Crippen molar-refractivity contribution in [2.24, 2.45) is 0 Å². The lowest BCUT2D eigenvalue weighted by Gasteiger charge is -2.13. The molecule has 31 heavy (non-hydrogen) atoms. The molecule has 0 aromatic heterocycles. The van der Waals surface area contributed by atoms with E-state index in [0.717, 1.165) is 4.90 Å². The highest BCUT2D eigenvalue weighted by Crippen LogP contribution is 2.29. The summed E-state index contributed by atoms with van der Waals surface area (Å²) >= 11 is 1.30. The fraction of sp³-hybridized carbons (Fsp3) is 0.130. The molecule has 0 atom stereocenters. The monoisotopic (exact) mass is 440 g/mol. The number of nitrogens with one attached hydrogen (secondary N) is 2. The zero-order chi connectivity index (χ0) is 22.2. The number of amides is 2. The standard InChI is InChI=1S/C23H21FN2O4S/c1-29-19-8-5-9-20(30-2)22(19)23(28)25-15-10-12-16(13-11-15)31-14-21(27)26-18-7-4-3-6-17(18)24/h3-13H,14H2,1-2H3,(H,25,28)(H,26,27). The normalized spacial score (nSPS) is 10.3. The Morgan fingerprint density at radius 1 is 0.871 bits per heavy atom. The van der Waals surface area contributed by atoms with E-state index < -0.39 is 5.82 Å². The third kappa shape index (κ3) is 5.76. The zero-order valence-corrected chi connectivity index (χ0v) is 17.8. The number of carbonyl (C=O) groups is 2. The van der Waals surface area contributed by atoms with Crippen molar-refractivity contribution in [1.82, 2.24) is 0 Å². The van der Waals surface area contributed by atoms with Gasteiger partial charge in [-0.1, -0.05) is 18.2 Å². The summed E-state index contributed by atoms with van der Waals surface area (Å²) in [4.78, 5) is 25.6. The number of methoxy groups -OCH3 is 2. The van der Waals surface area contributed by atoms with Gasteiger partial charge in [-0.15, -0.1) is 11.8 Å². The van der Waals surface area contributed by atoms with Crippen LogP contribution < -0.4 is 20.1 Å². The van der Waals surface area contributed by atoms with Gasteiger partial charge < -0.3 is 20.1 Å². The van der Waals surface area contributed by atoms with Crippen LogP contribution in [0, 0.1) is 5.82 Å². The molecular formula is C23H21FN2O4S. The number of rotatable bonds is 8. The molecule has 160 valence electrons. The lowest BCUT2D eigenvalue weighted by atomic mass is 10.1. The second-order valence-corrected chi connectivity index (χ2v) is 7.38. The van der Waals surface area contributed by atoms with Gasteiger partial charge in [0, 0.05) is 10.6 Å². The Morgan fingerprint density at radius 3 is 2.13 bits per heavy atom. The van der Waals surface area contributed by atoms with Gasteiger partial charge in [0.1, 0.15) is 22.9 Å². The van der Waals surface area contributed by atoms with Crippen molar-refractivity contribution in [3.8, 4) is 11.5 Å². The molecule has 3 aromatic rings. The molecule has 8 heteroatoms. The van der Waals surface area contributed by atoms with E-state index in [-0.39, 0.29) is 23.3 Å². The van der Waals surface area contributed by atoms with Crippen LogP contribution in [0.2, 0.25) is 0 Å². The van der Waals surface area contributed by atoms with Gasteiger partial charge in [-0.3, -0.25) is 9.59 Å². The van der Waals surface area contributed by atoms with Gasteiger partial charge >= 0.3 is 0 Å². The minimum atomic E-state index is -0.479. The lowest BCUT2D eigenvalue weighted by Crippen LogP contribution is -2.15. The van der Waals surface area contributed by atoms with E-state index >= 15 is 0 Å². The topological polar surface area (TPSA) is 76.7 Å². The van der Waals surface area contributed by atoms with Gasteiger partial charge in [-0.2, -0.15) is 0 Å². The first-order chi connectivity index (χ1) is 15.0. The summed E-state index contributed by atoms with van der Waals surface area (Å²) < 4.78 is 24.1. The van der Waals surface area contributed by atoms with Gasteiger partial charge in [0.15, 0.2) is 0 Å². The van der Waals surface area contributed by atoms with Crippen LogP contribution in [-0.2, 0) is 4.79 Å². The summed E-state index contributed by atoms with van der Waals surface area (Å²) in [5.74, 6) is -0.213. The maximum atomic E-state index is 13.6. The van der Waals surface area contributed by atoms with Crippen molar-refractivity contribution >= 4 is 35.0 Å². The molecule has 0 saturated carbocycles. The van der Waals surface area contributed by atoms with Crippen LogP contribution >= 0.6 is 11.8 Å². The number of halogens is 1. The minimum absolute atomic E-state index is 0.123. The van der Waals surface area contributed by atoms with Crippen LogP contribution in [0.15, 0.2) is 71.6 Å². The van der Waals surface area contributed by atoms with E-state index in [0.29, 0.717) is 22.7 Å². The molecule has 3 aromatic carbocycles. The fourth-order valence-corrected chi connectivity index (χ4v) is 3.50. The molecule has 0 bridgehead atoms. The Hall–Kier alpha value is -3.52. The number of carbonyl (C=O) groups excluding carboxylic acids is 2. The first kappa shape index (κ1) is 22.2. The summed E-state index contributed by atoms with van der Waals surface area (Å²) in [6.45, 7) is 0. The molecule has 3 rings (SSSR count). The summed E-state index contributed by atoms with van der Waals surface area (Å²) in [7, 11) is 2.97. The summed E-state index contributed by atoms with van der Waals surface area (Å²) in [5.41, 5.74) is 1.03. The largest absolute Gasteiger partial charge is 0.496 e. The van der Waals surface area contributed by atoms with Crippen LogP contribution in [0.25, 0.3) is 0 Å². The van der Waals surface area contributed by atoms with Crippen molar-refractivity contribution in [3.05, 3.63) is 78.1 Å². The lowest BCUT2D eigenvalue weighted by molar-refractivity contribution is -0.113. The molecule has 0 spiro atoms. The van der Waals surface area contributed by atoms with Crippen LogP contribution in [0.3, 0.4) is 0 Å². The van der Waals surface area contributed by atoms with Gasteiger partial charge in [0.25, 0.3) is 5.91 Å². The van der Waals surface area contributed by atoms with Crippen molar-refractivity contribution < 1.29 is 23.5 Å². The minimum Gasteiger partial charge on any atom is -0.496 e. The highest BCUT2D eigenvalue weighted by Gasteiger charge is 2.18. The number of hydrogen-bond acceptors (Lipinski definition) is 5. The van der Waals surface area contributed by atoms with Gasteiger partial charge in [-0.25, -0.2) is 4.39 Å². The number of para-hydroxylation sites is 1. The van der Waals surface area contributed by atoms with Crippen LogP contribution in [0.1, 0.15) is 10.4 Å². The predicted octanol–water partition coefficient (Wildman–Crippen LogP) is 4.83. The maximum Gasteiger partial charge on any atom is 0.263 e. The van der Waals surface area contributed by atoms with E-state index in [9.17, 15) is 14.0 Å². The Kier molecular flexibility index (Phi) is 7.50. The molecule has 0 saturated heterocycles. The van der Waals surface area contributed by atoms with Crippen molar-refractivity contribution in [3.63, 3.8) is 0 Å². The third-order valence-electron chi connectivity index (χ3n) is 4.28. The van der Waals surface area contributed by atoms with E-state index in [2.05, 4.69) is 10.6 Å². The number of ether oxygens (including phenoxy) is 2. The Labute approximate surface area is 183 Å². The third-order valence-corrected chi connectivity index (χ3v) is 5.30. The smallest absolute Gasteiger partial charge is 0.263 e. The first-order valence-electron chi connectivity index (χ1n) is 9.31. The van der Waals surface area contributed by atoms with E-state index in [1.807, 2.05) is 0 Å². The number of anilines is 2. The van der Waals surface area contributed by atoms with Crippen molar-refractivity contribution in [2.75, 3.05) is 30.6 Å². The molecular weight excluding hydrogens is 419 g/mol. The van der Waals surface area contributed by atoms with Crippen LogP contribution in [0.4, 0.5) is 15.8 Å². The van der Waals surface area contributed by atoms with E-state index in [4.69, 9.17) is 9.47 Å². The van der Waals surface area contributed by atoms with Gasteiger partial charge in [0.05, 0.1) is 25.7 Å². The van der Waals surface area contributed by atoms with Crippen molar-refractivity contribution in [1.29, 1.82) is 0 Å². The molecule has 0 aliphatic rings. The second-order valence-electron chi connectivity index (χ2n) is 6.33. The van der Waals surface area contributed by atoms with Crippen molar-refractivity contribution in [2.45, 2.75) is 4.90 Å². The Bertz CT molecular complexity index is 1050. The number of thioether (sulfide) groups is 1. The predicted molar refractivity (Wildman–Crippen MR) is 120 cm³/mol. The van der Waals surface area contributed by atoms with E-state index in [1.54, 1.807) is 54.6 Å². The number of hydrogen-bond donors (Lipinski definition) is 2.